The summed E-state index contributed by atoms with van der Waals surface area (Å²) >= 11 is 0. The van der Waals surface area contributed by atoms with E-state index in [1.165, 1.54) is 25.3 Å². The smallest absolute Gasteiger partial charge is 0.127 e. The number of benzene rings is 1. The first-order valence-corrected chi connectivity index (χ1v) is 6.39. The summed E-state index contributed by atoms with van der Waals surface area (Å²) in [4.78, 5) is 0. The second-order valence-electron chi connectivity index (χ2n) is 4.98. The third-order valence-corrected chi connectivity index (χ3v) is 3.34. The van der Waals surface area contributed by atoms with E-state index >= 15 is 0 Å². The minimum atomic E-state index is -0.378. The van der Waals surface area contributed by atoms with E-state index in [0.29, 0.717) is 12.6 Å². The van der Waals surface area contributed by atoms with Crippen LogP contribution in [0.4, 0.5) is 4.39 Å². The van der Waals surface area contributed by atoms with Gasteiger partial charge in [-0.15, -0.1) is 0 Å². The van der Waals surface area contributed by atoms with E-state index < -0.39 is 0 Å². The highest BCUT2D eigenvalue weighted by Gasteiger charge is 2.24. The lowest BCUT2D eigenvalue weighted by Gasteiger charge is -2.16. The first kappa shape index (κ1) is 12.4. The molecule has 2 N–H and O–H groups in total. The van der Waals surface area contributed by atoms with Crippen LogP contribution in [0.3, 0.4) is 0 Å². The Kier molecular flexibility index (Phi) is 4.00. The first-order chi connectivity index (χ1) is 8.17. The van der Waals surface area contributed by atoms with Crippen LogP contribution in [0.1, 0.15) is 38.2 Å². The second-order valence-corrected chi connectivity index (χ2v) is 4.98. The zero-order chi connectivity index (χ0) is 12.3. The third kappa shape index (κ3) is 4.00. The summed E-state index contributed by atoms with van der Waals surface area (Å²) in [6.45, 7) is 2.79. The molecule has 1 saturated carbocycles. The van der Waals surface area contributed by atoms with Gasteiger partial charge in [0.25, 0.3) is 0 Å². The predicted octanol–water partition coefficient (Wildman–Crippen LogP) is 3.20. The molecule has 2 rings (SSSR count). The number of phenols is 1. The van der Waals surface area contributed by atoms with Crippen LogP contribution < -0.4 is 5.32 Å². The van der Waals surface area contributed by atoms with Crippen LogP contribution in [0, 0.1) is 11.7 Å². The monoisotopic (exact) mass is 237 g/mol. The van der Waals surface area contributed by atoms with Crippen molar-refractivity contribution in [3.05, 3.63) is 29.6 Å². The molecular weight excluding hydrogens is 217 g/mol. The largest absolute Gasteiger partial charge is 0.508 e. The number of nitrogens with one attached hydrogen (secondary N) is 1. The number of rotatable bonds is 6. The SMILES string of the molecule is CCC(CC1CC1)NCc1cc(O)cc(F)c1. The van der Waals surface area contributed by atoms with E-state index in [1.54, 1.807) is 6.07 Å². The Hall–Kier alpha value is -1.09. The van der Waals surface area contributed by atoms with E-state index in [9.17, 15) is 9.50 Å². The fourth-order valence-corrected chi connectivity index (χ4v) is 2.15. The zero-order valence-corrected chi connectivity index (χ0v) is 10.2. The summed E-state index contributed by atoms with van der Waals surface area (Å²) < 4.78 is 13.1. The molecule has 1 aliphatic carbocycles. The number of hydrogen-bond acceptors (Lipinski definition) is 2. The topological polar surface area (TPSA) is 32.3 Å². The van der Waals surface area contributed by atoms with Crippen LogP contribution in [-0.4, -0.2) is 11.1 Å². The molecule has 17 heavy (non-hydrogen) atoms. The first-order valence-electron chi connectivity index (χ1n) is 6.39. The van der Waals surface area contributed by atoms with Crippen molar-refractivity contribution >= 4 is 0 Å². The van der Waals surface area contributed by atoms with Gasteiger partial charge in [-0.1, -0.05) is 19.8 Å². The van der Waals surface area contributed by atoms with Gasteiger partial charge in [0.15, 0.2) is 0 Å². The average Bonchev–Trinajstić information content (AvgIpc) is 3.06. The van der Waals surface area contributed by atoms with Gasteiger partial charge >= 0.3 is 0 Å². The van der Waals surface area contributed by atoms with E-state index in [0.717, 1.165) is 24.0 Å². The van der Waals surface area contributed by atoms with Crippen molar-refractivity contribution in [1.29, 1.82) is 0 Å². The molecule has 0 spiro atoms. The molecule has 1 aromatic rings. The van der Waals surface area contributed by atoms with Crippen LogP contribution in [0.15, 0.2) is 18.2 Å². The lowest BCUT2D eigenvalue weighted by atomic mass is 10.1. The zero-order valence-electron chi connectivity index (χ0n) is 10.2. The van der Waals surface area contributed by atoms with Gasteiger partial charge in [0.05, 0.1) is 0 Å². The van der Waals surface area contributed by atoms with Gasteiger partial charge < -0.3 is 10.4 Å². The van der Waals surface area contributed by atoms with Gasteiger partial charge in [0.1, 0.15) is 11.6 Å². The van der Waals surface area contributed by atoms with E-state index in [1.807, 2.05) is 0 Å². The summed E-state index contributed by atoms with van der Waals surface area (Å²) in [5.74, 6) is 0.516. The van der Waals surface area contributed by atoms with Crippen molar-refractivity contribution in [1.82, 2.24) is 5.32 Å². The van der Waals surface area contributed by atoms with Crippen molar-refractivity contribution in [3.63, 3.8) is 0 Å². The Bertz CT molecular complexity index is 356. The normalized spacial score (nSPS) is 17.1. The number of hydrogen-bond donors (Lipinski definition) is 2. The Balaban J connectivity index is 1.86. The van der Waals surface area contributed by atoms with Crippen molar-refractivity contribution in [2.24, 2.45) is 5.92 Å². The van der Waals surface area contributed by atoms with Gasteiger partial charge in [0, 0.05) is 18.7 Å². The fraction of sp³-hybridized carbons (Fsp3) is 0.571. The van der Waals surface area contributed by atoms with Crippen molar-refractivity contribution < 1.29 is 9.50 Å². The lowest BCUT2D eigenvalue weighted by Crippen LogP contribution is -2.28. The standard InChI is InChI=1S/C14H20FNO/c1-2-13(6-10-3-4-10)16-9-11-5-12(15)8-14(17)7-11/h5,7-8,10,13,16-17H,2-4,6,9H2,1H3. The summed E-state index contributed by atoms with van der Waals surface area (Å²) in [6.07, 6.45) is 5.04. The van der Waals surface area contributed by atoms with Crippen LogP contribution in [0.2, 0.25) is 0 Å². The van der Waals surface area contributed by atoms with Crippen molar-refractivity contribution in [2.75, 3.05) is 0 Å². The third-order valence-electron chi connectivity index (χ3n) is 3.34. The maximum Gasteiger partial charge on any atom is 0.127 e. The van der Waals surface area contributed by atoms with Gasteiger partial charge in [-0.25, -0.2) is 4.39 Å². The molecule has 1 aliphatic rings. The molecule has 2 nitrogen and oxygen atoms in total. The molecule has 1 unspecified atom stereocenters. The van der Waals surface area contributed by atoms with E-state index in [2.05, 4.69) is 12.2 Å². The molecule has 0 amide bonds. The summed E-state index contributed by atoms with van der Waals surface area (Å²) in [5, 5.41) is 12.7. The maximum atomic E-state index is 13.1. The van der Waals surface area contributed by atoms with Crippen LogP contribution in [-0.2, 0) is 6.54 Å². The van der Waals surface area contributed by atoms with Crippen LogP contribution in [0.25, 0.3) is 0 Å². The lowest BCUT2D eigenvalue weighted by molar-refractivity contribution is 0.440. The molecule has 1 fully saturated rings. The fourth-order valence-electron chi connectivity index (χ4n) is 2.15. The molecule has 1 aromatic carbocycles. The average molecular weight is 237 g/mol. The molecule has 3 heteroatoms. The highest BCUT2D eigenvalue weighted by molar-refractivity contribution is 5.28. The molecule has 0 radical (unpaired) electrons. The molecule has 94 valence electrons. The number of halogens is 1. The van der Waals surface area contributed by atoms with Crippen LogP contribution in [0.5, 0.6) is 5.75 Å². The minimum Gasteiger partial charge on any atom is -0.508 e. The van der Waals surface area contributed by atoms with Gasteiger partial charge in [-0.3, -0.25) is 0 Å². The maximum absolute atomic E-state index is 13.1. The number of aromatic hydroxyl groups is 1. The quantitative estimate of drug-likeness (QED) is 0.796. The Labute approximate surface area is 102 Å². The molecule has 0 bridgehead atoms. The molecule has 0 aliphatic heterocycles. The van der Waals surface area contributed by atoms with Gasteiger partial charge in [-0.2, -0.15) is 0 Å². The highest BCUT2D eigenvalue weighted by Crippen LogP contribution is 2.34. The summed E-state index contributed by atoms with van der Waals surface area (Å²) in [7, 11) is 0. The van der Waals surface area contributed by atoms with Gasteiger partial charge in [0.2, 0.25) is 0 Å². The molecule has 0 aromatic heterocycles. The van der Waals surface area contributed by atoms with Crippen molar-refractivity contribution in [2.45, 2.75) is 45.2 Å². The van der Waals surface area contributed by atoms with E-state index in [-0.39, 0.29) is 11.6 Å². The Morgan fingerprint density at radius 1 is 1.41 bits per heavy atom. The second kappa shape index (κ2) is 5.50. The number of phenolic OH excluding ortho intramolecular Hbond substituents is 1. The summed E-state index contributed by atoms with van der Waals surface area (Å²) in [5.41, 5.74) is 0.803. The molecule has 1 atom stereocenters. The minimum absolute atomic E-state index is 0.00274. The summed E-state index contributed by atoms with van der Waals surface area (Å²) in [6, 6.07) is 4.72. The van der Waals surface area contributed by atoms with Crippen LogP contribution >= 0.6 is 0 Å². The van der Waals surface area contributed by atoms with Crippen molar-refractivity contribution in [3.8, 4) is 5.75 Å². The van der Waals surface area contributed by atoms with E-state index in [4.69, 9.17) is 0 Å². The molecule has 0 heterocycles. The van der Waals surface area contributed by atoms with Gasteiger partial charge in [-0.05, 0) is 36.5 Å². The molecular formula is C14H20FNO. The Morgan fingerprint density at radius 3 is 2.76 bits per heavy atom. The Morgan fingerprint density at radius 2 is 2.18 bits per heavy atom. The predicted molar refractivity (Wildman–Crippen MR) is 66.3 cm³/mol. The molecule has 0 saturated heterocycles. The highest BCUT2D eigenvalue weighted by atomic mass is 19.1.